The predicted molar refractivity (Wildman–Crippen MR) is 90.2 cm³/mol. The molecule has 1 aromatic carbocycles. The van der Waals surface area contributed by atoms with E-state index in [0.717, 1.165) is 18.4 Å². The van der Waals surface area contributed by atoms with Crippen LogP contribution in [0.15, 0.2) is 12.1 Å². The van der Waals surface area contributed by atoms with Crippen molar-refractivity contribution in [1.82, 2.24) is 9.80 Å². The van der Waals surface area contributed by atoms with E-state index in [9.17, 15) is 9.59 Å². The highest BCUT2D eigenvalue weighted by atomic mass is 16.2. The van der Waals surface area contributed by atoms with Crippen LogP contribution in [0.1, 0.15) is 35.1 Å². The molecule has 1 heterocycles. The zero-order valence-electron chi connectivity index (χ0n) is 14.4. The van der Waals surface area contributed by atoms with Crippen molar-refractivity contribution in [1.29, 1.82) is 0 Å². The summed E-state index contributed by atoms with van der Waals surface area (Å²) in [6.45, 7) is 8.95. The van der Waals surface area contributed by atoms with Gasteiger partial charge in [0, 0.05) is 32.1 Å². The first-order chi connectivity index (χ1) is 11.0. The molecule has 2 amide bonds. The van der Waals surface area contributed by atoms with E-state index >= 15 is 0 Å². The lowest BCUT2D eigenvalue weighted by atomic mass is 9.97. The highest BCUT2D eigenvalue weighted by Crippen LogP contribution is 2.31. The van der Waals surface area contributed by atoms with Gasteiger partial charge in [0.05, 0.1) is 6.42 Å². The van der Waals surface area contributed by atoms with Gasteiger partial charge >= 0.3 is 0 Å². The number of amides is 2. The van der Waals surface area contributed by atoms with Crippen LogP contribution in [0.25, 0.3) is 0 Å². The molecule has 124 valence electrons. The summed E-state index contributed by atoms with van der Waals surface area (Å²) >= 11 is 0. The summed E-state index contributed by atoms with van der Waals surface area (Å²) in [5, 5.41) is 0. The third-order valence-electron chi connectivity index (χ3n) is 5.04. The second-order valence-corrected chi connectivity index (χ2v) is 7.03. The third kappa shape index (κ3) is 3.57. The van der Waals surface area contributed by atoms with E-state index in [0.29, 0.717) is 38.5 Å². The van der Waals surface area contributed by atoms with E-state index in [1.54, 1.807) is 0 Å². The Morgan fingerprint density at radius 2 is 1.48 bits per heavy atom. The van der Waals surface area contributed by atoms with Crippen molar-refractivity contribution in [2.24, 2.45) is 5.92 Å². The third-order valence-corrected chi connectivity index (χ3v) is 5.04. The molecule has 0 aromatic heterocycles. The summed E-state index contributed by atoms with van der Waals surface area (Å²) in [6, 6.07) is 4.28. The maximum absolute atomic E-state index is 12.6. The first kappa shape index (κ1) is 16.0. The number of rotatable bonds is 3. The maximum Gasteiger partial charge on any atom is 0.227 e. The fourth-order valence-corrected chi connectivity index (χ4v) is 3.52. The van der Waals surface area contributed by atoms with Crippen molar-refractivity contribution in [2.45, 2.75) is 40.0 Å². The number of benzene rings is 1. The van der Waals surface area contributed by atoms with Crippen molar-refractivity contribution in [3.05, 3.63) is 34.4 Å². The Morgan fingerprint density at radius 3 is 2.00 bits per heavy atom. The van der Waals surface area contributed by atoms with E-state index in [1.165, 1.54) is 16.7 Å². The van der Waals surface area contributed by atoms with E-state index in [-0.39, 0.29) is 11.8 Å². The Balaban J connectivity index is 1.58. The lowest BCUT2D eigenvalue weighted by Crippen LogP contribution is -2.51. The van der Waals surface area contributed by atoms with Crippen LogP contribution in [-0.4, -0.2) is 47.8 Å². The molecule has 23 heavy (non-hydrogen) atoms. The van der Waals surface area contributed by atoms with Crippen LogP contribution in [0.2, 0.25) is 0 Å². The van der Waals surface area contributed by atoms with Gasteiger partial charge in [-0.25, -0.2) is 0 Å². The summed E-state index contributed by atoms with van der Waals surface area (Å²) in [4.78, 5) is 28.5. The zero-order chi connectivity index (χ0) is 16.6. The summed E-state index contributed by atoms with van der Waals surface area (Å²) in [5.74, 6) is 0.746. The molecule has 3 rings (SSSR count). The standard InChI is InChI=1S/C19H26N2O2/c1-13-10-14(2)17(15(3)11-13)12-18(22)20-6-8-21(9-7-20)19(23)16-4-5-16/h10-11,16H,4-9,12H2,1-3H3. The molecular weight excluding hydrogens is 288 g/mol. The van der Waals surface area contributed by atoms with Gasteiger partial charge in [0.15, 0.2) is 0 Å². The molecule has 4 heteroatoms. The molecule has 0 spiro atoms. The predicted octanol–water partition coefficient (Wildman–Crippen LogP) is 2.24. The van der Waals surface area contributed by atoms with Gasteiger partial charge in [0.25, 0.3) is 0 Å². The van der Waals surface area contributed by atoms with Crippen molar-refractivity contribution < 1.29 is 9.59 Å². The molecule has 2 aliphatic rings. The molecule has 4 nitrogen and oxygen atoms in total. The number of piperazine rings is 1. The van der Waals surface area contributed by atoms with Crippen LogP contribution in [0.4, 0.5) is 0 Å². The molecule has 1 aliphatic carbocycles. The lowest BCUT2D eigenvalue weighted by Gasteiger charge is -2.35. The summed E-state index contributed by atoms with van der Waals surface area (Å²) in [5.41, 5.74) is 4.78. The quantitative estimate of drug-likeness (QED) is 0.858. The SMILES string of the molecule is Cc1cc(C)c(CC(=O)N2CCN(C(=O)C3CC3)CC2)c(C)c1. The number of hydrogen-bond donors (Lipinski definition) is 0. The minimum atomic E-state index is 0.179. The maximum atomic E-state index is 12.6. The second-order valence-electron chi connectivity index (χ2n) is 7.03. The number of nitrogens with zero attached hydrogens (tertiary/aromatic N) is 2. The smallest absolute Gasteiger partial charge is 0.227 e. The van der Waals surface area contributed by atoms with Crippen LogP contribution in [0.5, 0.6) is 0 Å². The Morgan fingerprint density at radius 1 is 0.957 bits per heavy atom. The van der Waals surface area contributed by atoms with E-state index < -0.39 is 0 Å². The molecule has 1 aliphatic heterocycles. The van der Waals surface area contributed by atoms with Gasteiger partial charge in [0.1, 0.15) is 0 Å². The Hall–Kier alpha value is -1.84. The fraction of sp³-hybridized carbons (Fsp3) is 0.579. The molecule has 1 aromatic rings. The van der Waals surface area contributed by atoms with Gasteiger partial charge in [-0.3, -0.25) is 9.59 Å². The molecule has 1 saturated heterocycles. The van der Waals surface area contributed by atoms with Crippen LogP contribution < -0.4 is 0 Å². The van der Waals surface area contributed by atoms with Crippen molar-refractivity contribution in [3.8, 4) is 0 Å². The minimum Gasteiger partial charge on any atom is -0.339 e. The Kier molecular flexibility index (Phi) is 4.42. The number of aryl methyl sites for hydroxylation is 3. The molecule has 0 atom stereocenters. The largest absolute Gasteiger partial charge is 0.339 e. The molecular formula is C19H26N2O2. The average Bonchev–Trinajstić information content (AvgIpc) is 3.35. The highest BCUT2D eigenvalue weighted by Gasteiger charge is 2.35. The Labute approximate surface area is 138 Å². The highest BCUT2D eigenvalue weighted by molar-refractivity contribution is 5.82. The molecule has 0 N–H and O–H groups in total. The first-order valence-corrected chi connectivity index (χ1v) is 8.59. The van der Waals surface area contributed by atoms with Gasteiger partial charge in [-0.05, 0) is 50.3 Å². The second kappa shape index (κ2) is 6.34. The Bertz CT molecular complexity index is 603. The average molecular weight is 314 g/mol. The van der Waals surface area contributed by atoms with E-state index in [4.69, 9.17) is 0 Å². The number of carbonyl (C=O) groups excluding carboxylic acids is 2. The van der Waals surface area contributed by atoms with Crippen LogP contribution in [0.3, 0.4) is 0 Å². The number of carbonyl (C=O) groups is 2. The van der Waals surface area contributed by atoms with Gasteiger partial charge in [-0.2, -0.15) is 0 Å². The van der Waals surface area contributed by atoms with Crippen LogP contribution in [0, 0.1) is 26.7 Å². The van der Waals surface area contributed by atoms with Gasteiger partial charge in [0.2, 0.25) is 11.8 Å². The fourth-order valence-electron chi connectivity index (χ4n) is 3.52. The summed E-state index contributed by atoms with van der Waals surface area (Å²) in [7, 11) is 0. The monoisotopic (exact) mass is 314 g/mol. The molecule has 2 fully saturated rings. The van der Waals surface area contributed by atoms with Crippen LogP contribution in [-0.2, 0) is 16.0 Å². The van der Waals surface area contributed by atoms with Gasteiger partial charge in [-0.15, -0.1) is 0 Å². The molecule has 1 saturated carbocycles. The molecule has 0 bridgehead atoms. The first-order valence-electron chi connectivity index (χ1n) is 8.59. The molecule has 0 unspecified atom stereocenters. The van der Waals surface area contributed by atoms with Gasteiger partial charge in [-0.1, -0.05) is 17.7 Å². The van der Waals surface area contributed by atoms with Crippen LogP contribution >= 0.6 is 0 Å². The summed E-state index contributed by atoms with van der Waals surface area (Å²) < 4.78 is 0. The summed E-state index contributed by atoms with van der Waals surface area (Å²) in [6.07, 6.45) is 2.56. The van der Waals surface area contributed by atoms with E-state index in [1.807, 2.05) is 9.80 Å². The van der Waals surface area contributed by atoms with Gasteiger partial charge < -0.3 is 9.80 Å². The van der Waals surface area contributed by atoms with Crippen molar-refractivity contribution in [2.75, 3.05) is 26.2 Å². The normalized spacial score (nSPS) is 18.2. The zero-order valence-corrected chi connectivity index (χ0v) is 14.4. The minimum absolute atomic E-state index is 0.179. The number of hydrogen-bond acceptors (Lipinski definition) is 2. The lowest BCUT2D eigenvalue weighted by molar-refractivity contribution is -0.140. The van der Waals surface area contributed by atoms with E-state index in [2.05, 4.69) is 32.9 Å². The van der Waals surface area contributed by atoms with Crippen molar-refractivity contribution in [3.63, 3.8) is 0 Å². The molecule has 0 radical (unpaired) electrons. The topological polar surface area (TPSA) is 40.6 Å². The van der Waals surface area contributed by atoms with Crippen molar-refractivity contribution >= 4 is 11.8 Å².